The van der Waals surface area contributed by atoms with Crippen molar-refractivity contribution in [3.63, 3.8) is 0 Å². The van der Waals surface area contributed by atoms with Crippen molar-refractivity contribution < 1.29 is 9.59 Å². The van der Waals surface area contributed by atoms with E-state index in [1.165, 1.54) is 11.8 Å². The molecule has 2 rings (SSSR count). The SMILES string of the molecule is CC[C@H](C(=O)NC(C)C)N(Cc1ccc(C)cc1)C(=O)CSCc1ccc(Cl)c(Cl)c1. The van der Waals surface area contributed by atoms with Gasteiger partial charge >= 0.3 is 0 Å². The molecule has 0 aliphatic carbocycles. The summed E-state index contributed by atoms with van der Waals surface area (Å²) < 4.78 is 0. The zero-order valence-corrected chi connectivity index (χ0v) is 20.8. The highest BCUT2D eigenvalue weighted by Crippen LogP contribution is 2.25. The monoisotopic (exact) mass is 480 g/mol. The number of nitrogens with one attached hydrogen (secondary N) is 1. The maximum atomic E-state index is 13.2. The molecule has 0 spiro atoms. The van der Waals surface area contributed by atoms with Crippen LogP contribution in [-0.2, 0) is 21.9 Å². The van der Waals surface area contributed by atoms with Gasteiger partial charge in [-0.15, -0.1) is 11.8 Å². The number of aryl methyl sites for hydroxylation is 1. The van der Waals surface area contributed by atoms with Crippen LogP contribution in [0.15, 0.2) is 42.5 Å². The molecule has 0 aliphatic heterocycles. The van der Waals surface area contributed by atoms with Gasteiger partial charge in [-0.2, -0.15) is 0 Å². The maximum Gasteiger partial charge on any atom is 0.243 e. The number of carbonyl (C=O) groups is 2. The first-order valence-electron chi connectivity index (χ1n) is 10.4. The van der Waals surface area contributed by atoms with Crippen LogP contribution in [0.2, 0.25) is 10.0 Å². The van der Waals surface area contributed by atoms with Crippen LogP contribution in [0.5, 0.6) is 0 Å². The Bertz CT molecular complexity index is 888. The molecule has 7 heteroatoms. The van der Waals surface area contributed by atoms with Crippen LogP contribution in [0.1, 0.15) is 43.9 Å². The molecule has 0 aromatic heterocycles. The van der Waals surface area contributed by atoms with Crippen molar-refractivity contribution in [2.45, 2.75) is 58.5 Å². The van der Waals surface area contributed by atoms with Crippen molar-refractivity contribution in [1.82, 2.24) is 10.2 Å². The first kappa shape index (κ1) is 25.6. The van der Waals surface area contributed by atoms with E-state index >= 15 is 0 Å². The molecule has 0 unspecified atom stereocenters. The molecular weight excluding hydrogens is 451 g/mol. The Morgan fingerprint density at radius 1 is 1.03 bits per heavy atom. The largest absolute Gasteiger partial charge is 0.352 e. The highest BCUT2D eigenvalue weighted by atomic mass is 35.5. The smallest absolute Gasteiger partial charge is 0.243 e. The second-order valence-corrected chi connectivity index (χ2v) is 9.64. The lowest BCUT2D eigenvalue weighted by molar-refractivity contribution is -0.139. The Morgan fingerprint density at radius 3 is 2.26 bits per heavy atom. The molecule has 1 atom stereocenters. The second-order valence-electron chi connectivity index (χ2n) is 7.84. The van der Waals surface area contributed by atoms with Gasteiger partial charge in [0, 0.05) is 18.3 Å². The van der Waals surface area contributed by atoms with Crippen molar-refractivity contribution in [3.05, 3.63) is 69.2 Å². The number of hydrogen-bond acceptors (Lipinski definition) is 3. The van der Waals surface area contributed by atoms with Crippen LogP contribution >= 0.6 is 35.0 Å². The Labute approximate surface area is 199 Å². The summed E-state index contributed by atoms with van der Waals surface area (Å²) >= 11 is 13.6. The van der Waals surface area contributed by atoms with Crippen LogP contribution in [0.3, 0.4) is 0 Å². The lowest BCUT2D eigenvalue weighted by Crippen LogP contribution is -2.50. The van der Waals surface area contributed by atoms with Crippen molar-refractivity contribution in [2.24, 2.45) is 0 Å². The van der Waals surface area contributed by atoms with E-state index in [0.717, 1.165) is 16.7 Å². The quantitative estimate of drug-likeness (QED) is 0.462. The summed E-state index contributed by atoms with van der Waals surface area (Å²) in [6.45, 7) is 8.20. The van der Waals surface area contributed by atoms with Gasteiger partial charge in [-0.1, -0.05) is 66.0 Å². The van der Waals surface area contributed by atoms with Gasteiger partial charge in [0.15, 0.2) is 0 Å². The number of nitrogens with zero attached hydrogens (tertiary/aromatic N) is 1. The van der Waals surface area contributed by atoms with Gasteiger partial charge < -0.3 is 10.2 Å². The zero-order chi connectivity index (χ0) is 23.0. The van der Waals surface area contributed by atoms with Crippen LogP contribution in [0.25, 0.3) is 0 Å². The normalized spacial score (nSPS) is 12.0. The first-order valence-corrected chi connectivity index (χ1v) is 12.3. The third kappa shape index (κ3) is 8.06. The summed E-state index contributed by atoms with van der Waals surface area (Å²) in [6.07, 6.45) is 0.549. The summed E-state index contributed by atoms with van der Waals surface area (Å²) in [6, 6.07) is 13.0. The predicted molar refractivity (Wildman–Crippen MR) is 132 cm³/mol. The fraction of sp³-hybridized carbons (Fsp3) is 0.417. The molecule has 2 aromatic rings. The molecule has 0 heterocycles. The van der Waals surface area contributed by atoms with Crippen molar-refractivity contribution in [2.75, 3.05) is 5.75 Å². The van der Waals surface area contributed by atoms with E-state index in [2.05, 4.69) is 5.32 Å². The molecule has 0 aliphatic rings. The van der Waals surface area contributed by atoms with E-state index in [1.54, 1.807) is 11.0 Å². The van der Waals surface area contributed by atoms with E-state index in [-0.39, 0.29) is 23.6 Å². The van der Waals surface area contributed by atoms with Gasteiger partial charge in [-0.25, -0.2) is 0 Å². The highest BCUT2D eigenvalue weighted by molar-refractivity contribution is 7.99. The van der Waals surface area contributed by atoms with Gasteiger partial charge in [-0.3, -0.25) is 9.59 Å². The van der Waals surface area contributed by atoms with Crippen molar-refractivity contribution >= 4 is 46.8 Å². The minimum Gasteiger partial charge on any atom is -0.352 e. The molecule has 4 nitrogen and oxygen atoms in total. The molecule has 31 heavy (non-hydrogen) atoms. The molecule has 168 valence electrons. The lowest BCUT2D eigenvalue weighted by Gasteiger charge is -2.31. The molecule has 1 N–H and O–H groups in total. The topological polar surface area (TPSA) is 49.4 Å². The minimum atomic E-state index is -0.512. The molecule has 2 amide bonds. The van der Waals surface area contributed by atoms with Crippen LogP contribution in [-0.4, -0.2) is 34.6 Å². The summed E-state index contributed by atoms with van der Waals surface area (Å²) in [7, 11) is 0. The van der Waals surface area contributed by atoms with E-state index in [9.17, 15) is 9.59 Å². The van der Waals surface area contributed by atoms with Gasteiger partial charge in [0.25, 0.3) is 0 Å². The van der Waals surface area contributed by atoms with Crippen LogP contribution in [0, 0.1) is 6.92 Å². The van der Waals surface area contributed by atoms with Gasteiger partial charge in [0.1, 0.15) is 6.04 Å². The Morgan fingerprint density at radius 2 is 1.68 bits per heavy atom. The van der Waals surface area contributed by atoms with E-state index in [0.29, 0.717) is 28.8 Å². The second kappa shape index (κ2) is 12.4. The fourth-order valence-corrected chi connectivity index (χ4v) is 4.34. The van der Waals surface area contributed by atoms with Crippen molar-refractivity contribution in [1.29, 1.82) is 0 Å². The summed E-state index contributed by atoms with van der Waals surface area (Å²) in [5.74, 6) is 0.733. The van der Waals surface area contributed by atoms with Crippen molar-refractivity contribution in [3.8, 4) is 0 Å². The van der Waals surface area contributed by atoms with Gasteiger partial charge in [-0.05, 0) is 50.5 Å². The summed E-state index contributed by atoms with van der Waals surface area (Å²) in [5.41, 5.74) is 3.16. The van der Waals surface area contributed by atoms with Gasteiger partial charge in [0.05, 0.1) is 15.8 Å². The Hall–Kier alpha value is -1.69. The first-order chi connectivity index (χ1) is 14.7. The molecule has 2 aromatic carbocycles. The highest BCUT2D eigenvalue weighted by Gasteiger charge is 2.28. The zero-order valence-electron chi connectivity index (χ0n) is 18.5. The molecule has 0 radical (unpaired) electrons. The molecule has 0 bridgehead atoms. The maximum absolute atomic E-state index is 13.2. The standard InChI is InChI=1S/C24H30Cl2N2O2S/c1-5-22(24(30)27-16(2)3)28(13-18-8-6-17(4)7-9-18)23(29)15-31-14-19-10-11-20(25)21(26)12-19/h6-12,16,22H,5,13-15H2,1-4H3,(H,27,30)/t22-/m1/s1. The third-order valence-electron chi connectivity index (χ3n) is 4.77. The summed E-state index contributed by atoms with van der Waals surface area (Å²) in [5, 5.41) is 3.97. The Kier molecular flexibility index (Phi) is 10.2. The van der Waals surface area contributed by atoms with Crippen LogP contribution in [0.4, 0.5) is 0 Å². The average molecular weight is 481 g/mol. The predicted octanol–water partition coefficient (Wildman–Crippen LogP) is 5.87. The fourth-order valence-electron chi connectivity index (χ4n) is 3.16. The third-order valence-corrected chi connectivity index (χ3v) is 6.50. The summed E-state index contributed by atoms with van der Waals surface area (Å²) in [4.78, 5) is 27.7. The molecule has 0 saturated carbocycles. The number of benzene rings is 2. The van der Waals surface area contributed by atoms with E-state index < -0.39 is 6.04 Å². The molecule has 0 saturated heterocycles. The van der Waals surface area contributed by atoms with Gasteiger partial charge in [0.2, 0.25) is 11.8 Å². The number of hydrogen-bond donors (Lipinski definition) is 1. The number of halogens is 2. The van der Waals surface area contributed by atoms with Crippen LogP contribution < -0.4 is 5.32 Å². The number of thioether (sulfide) groups is 1. The number of carbonyl (C=O) groups excluding carboxylic acids is 2. The number of amides is 2. The lowest BCUT2D eigenvalue weighted by atomic mass is 10.1. The average Bonchev–Trinajstić information content (AvgIpc) is 2.71. The minimum absolute atomic E-state index is 0.0157. The molecule has 0 fully saturated rings. The molecular formula is C24H30Cl2N2O2S. The van der Waals surface area contributed by atoms with E-state index in [1.807, 2.05) is 64.1 Å². The Balaban J connectivity index is 2.12. The van der Waals surface area contributed by atoms with E-state index in [4.69, 9.17) is 23.2 Å². The number of rotatable bonds is 10.